The van der Waals surface area contributed by atoms with Crippen LogP contribution in [0.25, 0.3) is 0 Å². The zero-order valence-corrected chi connectivity index (χ0v) is 10.7. The summed E-state index contributed by atoms with van der Waals surface area (Å²) in [7, 11) is -3.42. The molecule has 1 heterocycles. The molecule has 2 unspecified atom stereocenters. The Labute approximate surface area is 107 Å². The molecule has 1 aliphatic rings. The lowest BCUT2D eigenvalue weighted by atomic mass is 10.1. The molecule has 0 saturated carbocycles. The number of nitrogens with zero attached hydrogens (tertiary/aromatic N) is 1. The molecule has 0 aliphatic carbocycles. The van der Waals surface area contributed by atoms with Gasteiger partial charge >= 0.3 is 12.1 Å². The maximum atomic E-state index is 12.0. The molecule has 0 aromatic heterocycles. The standard InChI is InChI=1S/C8H13F3N2O5S/c1-13(6-3-18-2-5(6)7(14)15)19(16,17)12-4-8(9,10)11/h5-6,12H,2-4H2,1H3,(H,14,15). The van der Waals surface area contributed by atoms with Crippen molar-refractivity contribution in [2.75, 3.05) is 26.8 Å². The predicted octanol–water partition coefficient (Wildman–Crippen LogP) is -0.585. The maximum Gasteiger partial charge on any atom is 0.402 e. The van der Waals surface area contributed by atoms with Gasteiger partial charge < -0.3 is 9.84 Å². The van der Waals surface area contributed by atoms with Crippen LogP contribution in [0, 0.1) is 5.92 Å². The Morgan fingerprint density at radius 3 is 2.53 bits per heavy atom. The Kier molecular flexibility index (Phi) is 4.76. The number of likely N-dealkylation sites (N-methyl/N-ethyl adjacent to an activating group) is 1. The molecule has 1 fully saturated rings. The van der Waals surface area contributed by atoms with Crippen molar-refractivity contribution < 1.29 is 36.2 Å². The van der Waals surface area contributed by atoms with Crippen molar-refractivity contribution >= 4 is 16.2 Å². The average Bonchev–Trinajstić information content (AvgIpc) is 2.73. The molecule has 0 aromatic rings. The number of hydrogen-bond acceptors (Lipinski definition) is 4. The number of aliphatic carboxylic acids is 1. The van der Waals surface area contributed by atoms with Crippen molar-refractivity contribution in [3.05, 3.63) is 0 Å². The summed E-state index contributed by atoms with van der Waals surface area (Å²) >= 11 is 0. The fourth-order valence-corrected chi connectivity index (χ4v) is 2.70. The highest BCUT2D eigenvalue weighted by Gasteiger charge is 2.41. The molecule has 7 nitrogen and oxygen atoms in total. The number of ether oxygens (including phenoxy) is 1. The maximum absolute atomic E-state index is 12.0. The lowest BCUT2D eigenvalue weighted by Gasteiger charge is -2.25. The van der Waals surface area contributed by atoms with Crippen LogP contribution in [0.4, 0.5) is 13.2 Å². The second-order valence-electron chi connectivity index (χ2n) is 4.01. The van der Waals surface area contributed by atoms with Crippen molar-refractivity contribution in [1.82, 2.24) is 9.03 Å². The summed E-state index contributed by atoms with van der Waals surface area (Å²) in [6, 6.07) is -1.04. The van der Waals surface area contributed by atoms with Gasteiger partial charge in [-0.05, 0) is 0 Å². The van der Waals surface area contributed by atoms with Crippen LogP contribution in [0.5, 0.6) is 0 Å². The molecule has 0 bridgehead atoms. The van der Waals surface area contributed by atoms with E-state index in [4.69, 9.17) is 9.84 Å². The molecular formula is C8H13F3N2O5S. The van der Waals surface area contributed by atoms with E-state index in [1.165, 1.54) is 4.72 Å². The zero-order valence-electron chi connectivity index (χ0n) is 9.85. The summed E-state index contributed by atoms with van der Waals surface area (Å²) in [5.41, 5.74) is 0. The van der Waals surface area contributed by atoms with Gasteiger partial charge in [0.1, 0.15) is 6.54 Å². The number of hydrogen-bond donors (Lipinski definition) is 2. The van der Waals surface area contributed by atoms with Crippen LogP contribution in [-0.2, 0) is 19.7 Å². The number of nitrogens with one attached hydrogen (secondary N) is 1. The zero-order chi connectivity index (χ0) is 14.8. The molecule has 19 heavy (non-hydrogen) atoms. The molecule has 2 atom stereocenters. The van der Waals surface area contributed by atoms with E-state index in [-0.39, 0.29) is 13.2 Å². The molecular weight excluding hydrogens is 293 g/mol. The van der Waals surface area contributed by atoms with Gasteiger partial charge in [0.05, 0.1) is 25.2 Å². The third-order valence-corrected chi connectivity index (χ3v) is 4.21. The summed E-state index contributed by atoms with van der Waals surface area (Å²) in [6.07, 6.45) is -4.69. The van der Waals surface area contributed by atoms with Crippen LogP contribution < -0.4 is 4.72 Å². The smallest absolute Gasteiger partial charge is 0.402 e. The first-order chi connectivity index (χ1) is 8.54. The van der Waals surface area contributed by atoms with Crippen molar-refractivity contribution in [3.63, 3.8) is 0 Å². The van der Waals surface area contributed by atoms with Gasteiger partial charge in [-0.15, -0.1) is 0 Å². The first-order valence-corrected chi connectivity index (χ1v) is 6.58. The predicted molar refractivity (Wildman–Crippen MR) is 56.5 cm³/mol. The van der Waals surface area contributed by atoms with Crippen LogP contribution in [0.2, 0.25) is 0 Å². The average molecular weight is 306 g/mol. The first-order valence-electron chi connectivity index (χ1n) is 5.14. The Hall–Kier alpha value is -0.910. The Morgan fingerprint density at radius 1 is 1.47 bits per heavy atom. The van der Waals surface area contributed by atoms with E-state index in [0.29, 0.717) is 4.31 Å². The third-order valence-electron chi connectivity index (χ3n) is 2.67. The fourth-order valence-electron chi connectivity index (χ4n) is 1.59. The van der Waals surface area contributed by atoms with Crippen molar-refractivity contribution in [1.29, 1.82) is 0 Å². The first kappa shape index (κ1) is 16.1. The van der Waals surface area contributed by atoms with Gasteiger partial charge in [-0.2, -0.15) is 30.6 Å². The normalized spacial score (nSPS) is 24.9. The molecule has 1 rings (SSSR count). The van der Waals surface area contributed by atoms with E-state index >= 15 is 0 Å². The topological polar surface area (TPSA) is 95.9 Å². The Morgan fingerprint density at radius 2 is 2.05 bits per heavy atom. The number of halogens is 3. The molecule has 112 valence electrons. The minimum absolute atomic E-state index is 0.180. The molecule has 2 N–H and O–H groups in total. The molecule has 0 radical (unpaired) electrons. The van der Waals surface area contributed by atoms with Crippen LogP contribution in [-0.4, -0.2) is 62.8 Å². The number of carbonyl (C=O) groups is 1. The van der Waals surface area contributed by atoms with E-state index in [1.807, 2.05) is 0 Å². The highest BCUT2D eigenvalue weighted by molar-refractivity contribution is 7.87. The summed E-state index contributed by atoms with van der Waals surface area (Å²) in [4.78, 5) is 10.9. The number of alkyl halides is 3. The largest absolute Gasteiger partial charge is 0.481 e. The lowest BCUT2D eigenvalue weighted by Crippen LogP contribution is -2.50. The van der Waals surface area contributed by atoms with Gasteiger partial charge in [0.15, 0.2) is 0 Å². The number of rotatable bonds is 5. The van der Waals surface area contributed by atoms with Gasteiger partial charge in [-0.25, -0.2) is 0 Å². The summed E-state index contributed by atoms with van der Waals surface area (Å²) in [5, 5.41) is 8.86. The number of carboxylic acids is 1. The van der Waals surface area contributed by atoms with Gasteiger partial charge in [-0.1, -0.05) is 0 Å². The molecule has 0 aromatic carbocycles. The molecule has 0 amide bonds. The second-order valence-corrected chi connectivity index (χ2v) is 5.82. The Bertz CT molecular complexity index is 438. The molecule has 1 saturated heterocycles. The van der Waals surface area contributed by atoms with Gasteiger partial charge in [0.25, 0.3) is 10.2 Å². The van der Waals surface area contributed by atoms with Crippen molar-refractivity contribution in [2.24, 2.45) is 5.92 Å². The minimum atomic E-state index is -4.69. The Balaban J connectivity index is 2.75. The third kappa shape index (κ3) is 4.30. The van der Waals surface area contributed by atoms with E-state index in [0.717, 1.165) is 7.05 Å². The van der Waals surface area contributed by atoms with Crippen LogP contribution in [0.1, 0.15) is 0 Å². The minimum Gasteiger partial charge on any atom is -0.481 e. The second kappa shape index (κ2) is 5.61. The SMILES string of the molecule is CN(C1COCC1C(=O)O)S(=O)(=O)NCC(F)(F)F. The molecule has 1 aliphatic heterocycles. The summed E-state index contributed by atoms with van der Waals surface area (Å²) in [5.74, 6) is -2.37. The fraction of sp³-hybridized carbons (Fsp3) is 0.875. The van der Waals surface area contributed by atoms with E-state index in [2.05, 4.69) is 0 Å². The summed E-state index contributed by atoms with van der Waals surface area (Å²) < 4.78 is 65.9. The molecule has 0 spiro atoms. The highest BCUT2D eigenvalue weighted by Crippen LogP contribution is 2.21. The highest BCUT2D eigenvalue weighted by atomic mass is 32.2. The van der Waals surface area contributed by atoms with Crippen LogP contribution in [0.3, 0.4) is 0 Å². The van der Waals surface area contributed by atoms with Crippen LogP contribution in [0.15, 0.2) is 0 Å². The van der Waals surface area contributed by atoms with Gasteiger partial charge in [-0.3, -0.25) is 4.79 Å². The monoisotopic (exact) mass is 306 g/mol. The van der Waals surface area contributed by atoms with Gasteiger partial charge in [0.2, 0.25) is 0 Å². The van der Waals surface area contributed by atoms with Crippen molar-refractivity contribution in [3.8, 4) is 0 Å². The van der Waals surface area contributed by atoms with E-state index < -0.39 is 40.9 Å². The van der Waals surface area contributed by atoms with E-state index in [9.17, 15) is 26.4 Å². The number of carboxylic acid groups (broad SMARTS) is 1. The van der Waals surface area contributed by atoms with Crippen molar-refractivity contribution in [2.45, 2.75) is 12.2 Å². The summed E-state index contributed by atoms with van der Waals surface area (Å²) in [6.45, 7) is -2.08. The van der Waals surface area contributed by atoms with Gasteiger partial charge in [0, 0.05) is 7.05 Å². The van der Waals surface area contributed by atoms with Crippen LogP contribution >= 0.6 is 0 Å². The van der Waals surface area contributed by atoms with E-state index in [1.54, 1.807) is 0 Å². The molecule has 11 heteroatoms. The quantitative estimate of drug-likeness (QED) is 0.708. The lowest BCUT2D eigenvalue weighted by molar-refractivity contribution is -0.142.